The molecule has 1 unspecified atom stereocenters. The first kappa shape index (κ1) is 11.2. The van der Waals surface area contributed by atoms with Gasteiger partial charge in [0.05, 0.1) is 15.8 Å². The second-order valence-electron chi connectivity index (χ2n) is 5.21. The smallest absolute Gasteiger partial charge is 0.114 e. The number of nitrogens with one attached hydrogen (secondary N) is 1. The molecule has 1 aliphatic heterocycles. The van der Waals surface area contributed by atoms with Crippen molar-refractivity contribution >= 4 is 21.6 Å². The fourth-order valence-corrected chi connectivity index (χ4v) is 3.72. The molecule has 0 radical (unpaired) electrons. The molecule has 0 amide bonds. The van der Waals surface area contributed by atoms with Crippen LogP contribution < -0.4 is 5.32 Å². The molecule has 0 saturated carbocycles. The lowest BCUT2D eigenvalue weighted by Crippen LogP contribution is -2.43. The zero-order chi connectivity index (χ0) is 11.9. The van der Waals surface area contributed by atoms with Gasteiger partial charge in [-0.1, -0.05) is 6.07 Å². The van der Waals surface area contributed by atoms with Gasteiger partial charge in [-0.05, 0) is 57.4 Å². The molecule has 3 rings (SSSR count). The van der Waals surface area contributed by atoms with Gasteiger partial charge >= 0.3 is 0 Å². The maximum absolute atomic E-state index is 4.81. The zero-order valence-electron chi connectivity index (χ0n) is 10.4. The van der Waals surface area contributed by atoms with Crippen LogP contribution in [0.15, 0.2) is 18.2 Å². The molecule has 1 saturated heterocycles. The maximum Gasteiger partial charge on any atom is 0.114 e. The van der Waals surface area contributed by atoms with Gasteiger partial charge in [-0.25, -0.2) is 4.98 Å². The van der Waals surface area contributed by atoms with Gasteiger partial charge in [-0.15, -0.1) is 11.3 Å². The number of fused-ring (bicyclic) bond motifs is 1. The predicted octanol–water partition coefficient (Wildman–Crippen LogP) is 3.59. The predicted molar refractivity (Wildman–Crippen MR) is 73.6 cm³/mol. The third kappa shape index (κ3) is 1.98. The van der Waals surface area contributed by atoms with Crippen molar-refractivity contribution in [2.75, 3.05) is 6.54 Å². The van der Waals surface area contributed by atoms with Gasteiger partial charge in [-0.2, -0.15) is 0 Å². The molecule has 0 bridgehead atoms. The number of aryl methyl sites for hydroxylation is 1. The average Bonchev–Trinajstić information content (AvgIpc) is 2.73. The molecule has 17 heavy (non-hydrogen) atoms. The second kappa shape index (κ2) is 4.07. The Morgan fingerprint density at radius 3 is 3.00 bits per heavy atom. The summed E-state index contributed by atoms with van der Waals surface area (Å²) in [5, 5.41) is 4.88. The van der Waals surface area contributed by atoms with Crippen LogP contribution in [0.1, 0.15) is 36.8 Å². The van der Waals surface area contributed by atoms with E-state index in [1.807, 2.05) is 11.3 Å². The van der Waals surface area contributed by atoms with Gasteiger partial charge in [0, 0.05) is 0 Å². The van der Waals surface area contributed by atoms with E-state index in [1.54, 1.807) is 0 Å². The highest BCUT2D eigenvalue weighted by Gasteiger charge is 2.31. The van der Waals surface area contributed by atoms with Gasteiger partial charge < -0.3 is 5.32 Å². The van der Waals surface area contributed by atoms with Crippen molar-refractivity contribution < 1.29 is 0 Å². The molecular formula is C14H18N2S. The maximum atomic E-state index is 4.81. The van der Waals surface area contributed by atoms with E-state index in [0.29, 0.717) is 0 Å². The van der Waals surface area contributed by atoms with E-state index >= 15 is 0 Å². The number of aromatic nitrogens is 1. The Balaban J connectivity index is 2.05. The molecule has 1 aliphatic rings. The van der Waals surface area contributed by atoms with Gasteiger partial charge in [0.25, 0.3) is 0 Å². The lowest BCUT2D eigenvalue weighted by Gasteiger charge is -2.32. The van der Waals surface area contributed by atoms with E-state index in [9.17, 15) is 0 Å². The number of piperidine rings is 1. The lowest BCUT2D eigenvalue weighted by molar-refractivity contribution is 0.283. The first-order valence-electron chi connectivity index (χ1n) is 6.30. The minimum atomic E-state index is 0.0931. The van der Waals surface area contributed by atoms with Crippen LogP contribution in [-0.2, 0) is 5.54 Å². The topological polar surface area (TPSA) is 24.9 Å². The van der Waals surface area contributed by atoms with Crippen LogP contribution >= 0.6 is 11.3 Å². The third-order valence-electron chi connectivity index (χ3n) is 3.63. The molecular weight excluding hydrogens is 228 g/mol. The van der Waals surface area contributed by atoms with Crippen LogP contribution in [0, 0.1) is 6.92 Å². The Morgan fingerprint density at radius 1 is 1.35 bits per heavy atom. The number of benzene rings is 1. The molecule has 2 aromatic rings. The fraction of sp³-hybridized carbons (Fsp3) is 0.500. The molecule has 3 heteroatoms. The van der Waals surface area contributed by atoms with Crippen LogP contribution in [0.5, 0.6) is 0 Å². The minimum Gasteiger partial charge on any atom is -0.306 e. The Morgan fingerprint density at radius 2 is 2.24 bits per heavy atom. The number of hydrogen-bond acceptors (Lipinski definition) is 3. The zero-order valence-corrected chi connectivity index (χ0v) is 11.2. The highest BCUT2D eigenvalue weighted by Crippen LogP contribution is 2.35. The minimum absolute atomic E-state index is 0.0931. The summed E-state index contributed by atoms with van der Waals surface area (Å²) >= 11 is 1.84. The highest BCUT2D eigenvalue weighted by molar-refractivity contribution is 7.18. The number of nitrogens with zero attached hydrogens (tertiary/aromatic N) is 1. The van der Waals surface area contributed by atoms with E-state index in [-0.39, 0.29) is 5.54 Å². The van der Waals surface area contributed by atoms with Crippen molar-refractivity contribution in [3.8, 4) is 0 Å². The average molecular weight is 246 g/mol. The number of thiazole rings is 1. The van der Waals surface area contributed by atoms with Crippen molar-refractivity contribution in [3.63, 3.8) is 0 Å². The fourth-order valence-electron chi connectivity index (χ4n) is 2.51. The molecule has 1 aromatic heterocycles. The van der Waals surface area contributed by atoms with Crippen molar-refractivity contribution in [2.45, 2.75) is 38.6 Å². The van der Waals surface area contributed by atoms with E-state index < -0.39 is 0 Å². The first-order chi connectivity index (χ1) is 8.17. The molecule has 1 N–H and O–H groups in total. The van der Waals surface area contributed by atoms with Crippen molar-refractivity contribution in [1.29, 1.82) is 0 Å². The molecule has 90 valence electrons. The van der Waals surface area contributed by atoms with Gasteiger partial charge in [0.1, 0.15) is 5.01 Å². The summed E-state index contributed by atoms with van der Waals surface area (Å²) in [6, 6.07) is 6.52. The molecule has 2 heterocycles. The summed E-state index contributed by atoms with van der Waals surface area (Å²) in [6.45, 7) is 5.54. The summed E-state index contributed by atoms with van der Waals surface area (Å²) in [6.07, 6.45) is 3.80. The van der Waals surface area contributed by atoms with E-state index in [2.05, 4.69) is 37.4 Å². The summed E-state index contributed by atoms with van der Waals surface area (Å²) in [5.41, 5.74) is 2.55. The standard InChI is InChI=1S/C14H18N2S/c1-10-5-6-11-12(9-10)17-13(16-11)14(2)7-3-4-8-15-14/h5-6,9,15H,3-4,7-8H2,1-2H3. The van der Waals surface area contributed by atoms with Gasteiger partial charge in [0.15, 0.2) is 0 Å². The normalized spacial score (nSPS) is 25.3. The first-order valence-corrected chi connectivity index (χ1v) is 7.12. The van der Waals surface area contributed by atoms with Crippen LogP contribution in [0.4, 0.5) is 0 Å². The van der Waals surface area contributed by atoms with E-state index in [1.165, 1.54) is 34.5 Å². The molecule has 2 nitrogen and oxygen atoms in total. The van der Waals surface area contributed by atoms with E-state index in [4.69, 9.17) is 4.98 Å². The molecule has 1 atom stereocenters. The molecule has 0 spiro atoms. The quantitative estimate of drug-likeness (QED) is 0.831. The summed E-state index contributed by atoms with van der Waals surface area (Å²) in [5.74, 6) is 0. The molecule has 1 aromatic carbocycles. The Kier molecular flexibility index (Phi) is 2.68. The van der Waals surface area contributed by atoms with Gasteiger partial charge in [0.2, 0.25) is 0 Å². The van der Waals surface area contributed by atoms with Crippen molar-refractivity contribution in [2.24, 2.45) is 0 Å². The monoisotopic (exact) mass is 246 g/mol. The van der Waals surface area contributed by atoms with Crippen molar-refractivity contribution in [1.82, 2.24) is 10.3 Å². The van der Waals surface area contributed by atoms with E-state index in [0.717, 1.165) is 12.1 Å². The molecule has 0 aliphatic carbocycles. The Labute approximate surface area is 106 Å². The van der Waals surface area contributed by atoms with Crippen LogP contribution in [-0.4, -0.2) is 11.5 Å². The van der Waals surface area contributed by atoms with Gasteiger partial charge in [-0.3, -0.25) is 0 Å². The Hall–Kier alpha value is -0.930. The van der Waals surface area contributed by atoms with Crippen LogP contribution in [0.2, 0.25) is 0 Å². The summed E-state index contributed by atoms with van der Waals surface area (Å²) in [7, 11) is 0. The van der Waals surface area contributed by atoms with Crippen molar-refractivity contribution in [3.05, 3.63) is 28.8 Å². The highest BCUT2D eigenvalue weighted by atomic mass is 32.1. The Bertz CT molecular complexity index is 538. The molecule has 1 fully saturated rings. The lowest BCUT2D eigenvalue weighted by atomic mass is 9.92. The third-order valence-corrected chi connectivity index (χ3v) is 4.92. The summed E-state index contributed by atoms with van der Waals surface area (Å²) in [4.78, 5) is 4.81. The number of rotatable bonds is 1. The largest absolute Gasteiger partial charge is 0.306 e. The van der Waals surface area contributed by atoms with Crippen LogP contribution in [0.25, 0.3) is 10.2 Å². The van der Waals surface area contributed by atoms with Crippen LogP contribution in [0.3, 0.4) is 0 Å². The summed E-state index contributed by atoms with van der Waals surface area (Å²) < 4.78 is 1.31. The SMILES string of the molecule is Cc1ccc2nc(C3(C)CCCCN3)sc2c1. The second-order valence-corrected chi connectivity index (χ2v) is 6.24. The number of hydrogen-bond donors (Lipinski definition) is 1.